The summed E-state index contributed by atoms with van der Waals surface area (Å²) in [4.78, 5) is 16.0. The molecule has 0 aliphatic carbocycles. The number of rotatable bonds is 5. The summed E-state index contributed by atoms with van der Waals surface area (Å²) in [7, 11) is 0. The van der Waals surface area contributed by atoms with Crippen LogP contribution in [-0.4, -0.2) is 17.4 Å². The number of halogens is 1. The Kier molecular flexibility index (Phi) is 4.49. The average molecular weight is 325 g/mol. The summed E-state index contributed by atoms with van der Waals surface area (Å²) in [6, 6.07) is 8.01. The summed E-state index contributed by atoms with van der Waals surface area (Å²) in [5, 5.41) is 3.78. The van der Waals surface area contributed by atoms with Crippen LogP contribution in [0, 0.1) is 0 Å². The quantitative estimate of drug-likeness (QED) is 0.917. The Balaban J connectivity index is 1.90. The van der Waals surface area contributed by atoms with Gasteiger partial charge in [0.2, 0.25) is 5.91 Å². The predicted molar refractivity (Wildman–Crippen MR) is 79.0 cm³/mol. The molecular weight excluding hydrogens is 312 g/mol. The lowest BCUT2D eigenvalue weighted by molar-refractivity contribution is -0.120. The first kappa shape index (κ1) is 13.2. The lowest BCUT2D eigenvalue weighted by Crippen LogP contribution is -2.24. The number of thiazole rings is 1. The van der Waals surface area contributed by atoms with Crippen molar-refractivity contribution in [2.75, 3.05) is 6.54 Å². The van der Waals surface area contributed by atoms with Gasteiger partial charge in [0, 0.05) is 23.9 Å². The minimum Gasteiger partial charge on any atom is -0.352 e. The highest BCUT2D eigenvalue weighted by atomic mass is 79.9. The van der Waals surface area contributed by atoms with Gasteiger partial charge in [-0.15, -0.1) is 11.3 Å². The van der Waals surface area contributed by atoms with Crippen LogP contribution in [0.25, 0.3) is 10.2 Å². The van der Waals surface area contributed by atoms with Gasteiger partial charge >= 0.3 is 0 Å². The maximum atomic E-state index is 11.5. The van der Waals surface area contributed by atoms with E-state index in [1.807, 2.05) is 24.3 Å². The van der Waals surface area contributed by atoms with Crippen LogP contribution in [0.5, 0.6) is 0 Å². The third-order valence-corrected chi connectivity index (χ3v) is 3.76. The van der Waals surface area contributed by atoms with Gasteiger partial charge in [-0.3, -0.25) is 4.79 Å². The number of hydrogen-bond donors (Lipinski definition) is 1. The van der Waals surface area contributed by atoms with Crippen molar-refractivity contribution in [1.29, 1.82) is 0 Å². The van der Waals surface area contributed by atoms with Crippen LogP contribution < -0.4 is 5.32 Å². The highest BCUT2D eigenvalue weighted by molar-refractivity contribution is 9.11. The zero-order valence-corrected chi connectivity index (χ0v) is 12.2. The molecule has 1 heterocycles. The molecule has 0 radical (unpaired) electrons. The summed E-state index contributed by atoms with van der Waals surface area (Å²) in [6.45, 7) is 4.14. The highest BCUT2D eigenvalue weighted by Gasteiger charge is 2.06. The second kappa shape index (κ2) is 6.11. The molecule has 2 rings (SSSR count). The first-order valence-electron chi connectivity index (χ1n) is 5.59. The van der Waals surface area contributed by atoms with Gasteiger partial charge in [0.25, 0.3) is 0 Å². The predicted octanol–water partition coefficient (Wildman–Crippen LogP) is 3.25. The number of nitrogens with zero attached hydrogens (tertiary/aromatic N) is 1. The highest BCUT2D eigenvalue weighted by Crippen LogP contribution is 2.22. The average Bonchev–Trinajstić information content (AvgIpc) is 2.76. The Bertz CT molecular complexity index is 546. The van der Waals surface area contributed by atoms with E-state index in [-0.39, 0.29) is 5.91 Å². The largest absolute Gasteiger partial charge is 0.352 e. The molecule has 0 saturated heterocycles. The van der Waals surface area contributed by atoms with Crippen LogP contribution in [-0.2, 0) is 11.2 Å². The van der Waals surface area contributed by atoms with Crippen molar-refractivity contribution in [1.82, 2.24) is 10.3 Å². The van der Waals surface area contributed by atoms with Crippen molar-refractivity contribution >= 4 is 43.4 Å². The Labute approximate surface area is 118 Å². The third-order valence-electron chi connectivity index (χ3n) is 2.38. The molecule has 3 nitrogen and oxygen atoms in total. The normalized spacial score (nSPS) is 10.5. The molecule has 2 aromatic rings. The number of carbonyl (C=O) groups excluding carboxylic acids is 1. The minimum atomic E-state index is 0.0230. The van der Waals surface area contributed by atoms with Gasteiger partial charge in [-0.25, -0.2) is 4.98 Å². The summed E-state index contributed by atoms with van der Waals surface area (Å²) in [5.74, 6) is 0.0230. The van der Waals surface area contributed by atoms with E-state index in [1.54, 1.807) is 11.3 Å². The van der Waals surface area contributed by atoms with Crippen molar-refractivity contribution < 1.29 is 4.79 Å². The number of nitrogens with one attached hydrogen (secondary N) is 1. The van der Waals surface area contributed by atoms with E-state index in [0.717, 1.165) is 15.0 Å². The zero-order chi connectivity index (χ0) is 13.0. The maximum absolute atomic E-state index is 11.5. The van der Waals surface area contributed by atoms with Crippen LogP contribution in [0.3, 0.4) is 0 Å². The molecule has 18 heavy (non-hydrogen) atoms. The molecule has 0 bridgehead atoms. The summed E-state index contributed by atoms with van der Waals surface area (Å²) >= 11 is 4.85. The van der Waals surface area contributed by atoms with E-state index in [0.29, 0.717) is 19.4 Å². The smallest absolute Gasteiger partial charge is 0.220 e. The van der Waals surface area contributed by atoms with E-state index in [4.69, 9.17) is 0 Å². The number of aryl methyl sites for hydroxylation is 1. The SMILES string of the molecule is C=C(Br)CNC(=O)CCc1nc2ccccc2s1. The molecule has 0 aliphatic rings. The van der Waals surface area contributed by atoms with Crippen molar-refractivity contribution in [3.63, 3.8) is 0 Å². The van der Waals surface area contributed by atoms with Crippen LogP contribution in [0.1, 0.15) is 11.4 Å². The number of aromatic nitrogens is 1. The molecular formula is C13H13BrN2OS. The standard InChI is InChI=1S/C13H13BrN2OS/c1-9(14)8-15-12(17)6-7-13-16-10-4-2-3-5-11(10)18-13/h2-5H,1,6-8H2,(H,15,17). The molecule has 1 aromatic heterocycles. The molecule has 0 saturated carbocycles. The van der Waals surface area contributed by atoms with Gasteiger partial charge < -0.3 is 5.32 Å². The Hall–Kier alpha value is -1.20. The second-order valence-corrected chi connectivity index (χ2v) is 6.11. The Morgan fingerprint density at radius 2 is 2.22 bits per heavy atom. The van der Waals surface area contributed by atoms with Crippen LogP contribution in [0.15, 0.2) is 35.3 Å². The molecule has 0 fully saturated rings. The van der Waals surface area contributed by atoms with Crippen molar-refractivity contribution in [3.05, 3.63) is 40.3 Å². The summed E-state index contributed by atoms with van der Waals surface area (Å²) < 4.78 is 1.94. The fraction of sp³-hybridized carbons (Fsp3) is 0.231. The molecule has 0 spiro atoms. The maximum Gasteiger partial charge on any atom is 0.220 e. The lowest BCUT2D eigenvalue weighted by Gasteiger charge is -2.02. The Morgan fingerprint density at radius 1 is 1.44 bits per heavy atom. The van der Waals surface area contributed by atoms with Gasteiger partial charge in [-0.2, -0.15) is 0 Å². The van der Waals surface area contributed by atoms with E-state index in [9.17, 15) is 4.79 Å². The first-order chi connectivity index (χ1) is 8.65. The molecule has 0 aliphatic heterocycles. The van der Waals surface area contributed by atoms with E-state index in [1.165, 1.54) is 4.70 Å². The second-order valence-electron chi connectivity index (χ2n) is 3.87. The van der Waals surface area contributed by atoms with Gasteiger partial charge in [0.15, 0.2) is 0 Å². The van der Waals surface area contributed by atoms with Crippen LogP contribution >= 0.6 is 27.3 Å². The van der Waals surface area contributed by atoms with Crippen LogP contribution in [0.4, 0.5) is 0 Å². The third kappa shape index (κ3) is 3.65. The van der Waals surface area contributed by atoms with Crippen molar-refractivity contribution in [3.8, 4) is 0 Å². The molecule has 1 aromatic carbocycles. The van der Waals surface area contributed by atoms with Gasteiger partial charge in [0.1, 0.15) is 0 Å². The fourth-order valence-electron chi connectivity index (χ4n) is 1.53. The van der Waals surface area contributed by atoms with Gasteiger partial charge in [0.05, 0.1) is 15.2 Å². The Morgan fingerprint density at radius 3 is 2.94 bits per heavy atom. The van der Waals surface area contributed by atoms with Crippen molar-refractivity contribution in [2.45, 2.75) is 12.8 Å². The van der Waals surface area contributed by atoms with Gasteiger partial charge in [-0.05, 0) is 12.1 Å². The topological polar surface area (TPSA) is 42.0 Å². The monoisotopic (exact) mass is 324 g/mol. The minimum absolute atomic E-state index is 0.0230. The summed E-state index contributed by atoms with van der Waals surface area (Å²) in [5.41, 5.74) is 1.01. The van der Waals surface area contributed by atoms with Crippen molar-refractivity contribution in [2.24, 2.45) is 0 Å². The number of hydrogen-bond acceptors (Lipinski definition) is 3. The van der Waals surface area contributed by atoms with Gasteiger partial charge in [-0.1, -0.05) is 34.6 Å². The van der Waals surface area contributed by atoms with E-state index in [2.05, 4.69) is 32.8 Å². The number of benzene rings is 1. The number of amides is 1. The fourth-order valence-corrected chi connectivity index (χ4v) is 2.64. The zero-order valence-electron chi connectivity index (χ0n) is 9.78. The first-order valence-corrected chi connectivity index (χ1v) is 7.20. The molecule has 0 unspecified atom stereocenters. The molecule has 0 atom stereocenters. The summed E-state index contributed by atoms with van der Waals surface area (Å²) in [6.07, 6.45) is 1.14. The molecule has 1 amide bonds. The number of fused-ring (bicyclic) bond motifs is 1. The molecule has 5 heteroatoms. The number of carbonyl (C=O) groups is 1. The molecule has 1 N–H and O–H groups in total. The van der Waals surface area contributed by atoms with E-state index >= 15 is 0 Å². The lowest BCUT2D eigenvalue weighted by atomic mass is 10.3. The number of para-hydroxylation sites is 1. The van der Waals surface area contributed by atoms with Crippen LogP contribution in [0.2, 0.25) is 0 Å². The van der Waals surface area contributed by atoms with E-state index < -0.39 is 0 Å². The molecule has 94 valence electrons.